The van der Waals surface area contributed by atoms with Crippen molar-refractivity contribution < 1.29 is 9.53 Å². The number of carbonyl (C=O) groups is 1. The summed E-state index contributed by atoms with van der Waals surface area (Å²) in [4.78, 5) is 34.4. The van der Waals surface area contributed by atoms with E-state index in [2.05, 4.69) is 22.2 Å². The standard InChI is InChI=1S/C27H31ClN6O3/c1-17-13-19(21(28)15-23(17)30-26(35)33-9-7-31(2)8-10-33)18-5-6-22-20(14-18)25-24(16-29-22)32(3)27(36)34(25)11-12-37-4/h5-6,13-16H,7-12H2,1-4H3,(H,30,35). The van der Waals surface area contributed by atoms with Crippen LogP contribution >= 0.6 is 11.6 Å². The number of hydrogen-bond acceptors (Lipinski definition) is 5. The van der Waals surface area contributed by atoms with Crippen molar-refractivity contribution in [3.05, 3.63) is 57.6 Å². The fourth-order valence-corrected chi connectivity index (χ4v) is 5.15. The molecule has 1 N–H and O–H groups in total. The topological polar surface area (TPSA) is 84.6 Å². The number of aryl methyl sites for hydroxylation is 2. The van der Waals surface area contributed by atoms with E-state index >= 15 is 0 Å². The number of aromatic nitrogens is 3. The first-order valence-corrected chi connectivity index (χ1v) is 12.7. The van der Waals surface area contributed by atoms with E-state index in [-0.39, 0.29) is 11.7 Å². The number of imidazole rings is 1. The van der Waals surface area contributed by atoms with Crippen LogP contribution in [0.1, 0.15) is 5.56 Å². The molecule has 1 saturated heterocycles. The molecule has 0 spiro atoms. The zero-order valence-corrected chi connectivity index (χ0v) is 22.3. The highest BCUT2D eigenvalue weighted by molar-refractivity contribution is 6.33. The molecule has 4 aromatic rings. The first kappa shape index (κ1) is 25.3. The Balaban J connectivity index is 1.52. The van der Waals surface area contributed by atoms with E-state index in [1.54, 1.807) is 35.6 Å². The van der Waals surface area contributed by atoms with Gasteiger partial charge in [-0.3, -0.25) is 14.1 Å². The number of hydrogen-bond donors (Lipinski definition) is 1. The van der Waals surface area contributed by atoms with Gasteiger partial charge in [0.1, 0.15) is 0 Å². The number of halogens is 1. The molecule has 0 atom stereocenters. The third-order valence-electron chi connectivity index (χ3n) is 7.15. The molecule has 37 heavy (non-hydrogen) atoms. The molecule has 1 aliphatic rings. The van der Waals surface area contributed by atoms with Crippen LogP contribution < -0.4 is 11.0 Å². The van der Waals surface area contributed by atoms with Crippen LogP contribution in [-0.4, -0.2) is 76.9 Å². The van der Waals surface area contributed by atoms with Gasteiger partial charge < -0.3 is 19.9 Å². The van der Waals surface area contributed by atoms with Crippen molar-refractivity contribution in [2.24, 2.45) is 7.05 Å². The SMILES string of the molecule is COCCn1c(=O)n(C)c2cnc3ccc(-c4cc(C)c(NC(=O)N5CCN(C)CC5)cc4Cl)cc3c21. The lowest BCUT2D eigenvalue weighted by Crippen LogP contribution is -2.48. The first-order valence-electron chi connectivity index (χ1n) is 12.3. The minimum atomic E-state index is -0.114. The maximum atomic E-state index is 12.9. The van der Waals surface area contributed by atoms with Crippen molar-refractivity contribution >= 4 is 45.3 Å². The Morgan fingerprint density at radius 3 is 2.62 bits per heavy atom. The van der Waals surface area contributed by atoms with Crippen LogP contribution in [0.15, 0.2) is 41.3 Å². The molecule has 5 rings (SSSR count). The Kier molecular flexibility index (Phi) is 6.94. The minimum absolute atomic E-state index is 0.110. The summed E-state index contributed by atoms with van der Waals surface area (Å²) < 4.78 is 8.58. The minimum Gasteiger partial charge on any atom is -0.383 e. The highest BCUT2D eigenvalue weighted by Gasteiger charge is 2.21. The number of likely N-dealkylation sites (N-methyl/N-ethyl adjacent to an activating group) is 1. The van der Waals surface area contributed by atoms with Crippen LogP contribution in [0.3, 0.4) is 0 Å². The lowest BCUT2D eigenvalue weighted by Gasteiger charge is -2.32. The molecule has 194 valence electrons. The smallest absolute Gasteiger partial charge is 0.328 e. The van der Waals surface area contributed by atoms with Gasteiger partial charge in [-0.2, -0.15) is 0 Å². The summed E-state index contributed by atoms with van der Waals surface area (Å²) in [5.74, 6) is 0. The fraction of sp³-hybridized carbons (Fsp3) is 0.370. The van der Waals surface area contributed by atoms with Crippen molar-refractivity contribution in [3.8, 4) is 11.1 Å². The summed E-state index contributed by atoms with van der Waals surface area (Å²) in [6.45, 7) is 5.93. The summed E-state index contributed by atoms with van der Waals surface area (Å²) in [6.07, 6.45) is 1.73. The number of pyridine rings is 1. The van der Waals surface area contributed by atoms with E-state index in [9.17, 15) is 9.59 Å². The fourth-order valence-electron chi connectivity index (χ4n) is 4.88. The van der Waals surface area contributed by atoms with Gasteiger partial charge in [-0.1, -0.05) is 17.7 Å². The molecule has 3 heterocycles. The molecule has 0 radical (unpaired) electrons. The van der Waals surface area contributed by atoms with Crippen LogP contribution in [0.5, 0.6) is 0 Å². The zero-order valence-electron chi connectivity index (χ0n) is 21.5. The van der Waals surface area contributed by atoms with Gasteiger partial charge in [-0.05, 0) is 49.4 Å². The van der Waals surface area contributed by atoms with Crippen LogP contribution in [0, 0.1) is 6.92 Å². The second kappa shape index (κ2) is 10.2. The van der Waals surface area contributed by atoms with Crippen LogP contribution in [0.4, 0.5) is 10.5 Å². The van der Waals surface area contributed by atoms with Crippen molar-refractivity contribution in [2.75, 3.05) is 52.3 Å². The lowest BCUT2D eigenvalue weighted by atomic mass is 10.00. The molecule has 2 aromatic carbocycles. The molecule has 10 heteroatoms. The second-order valence-corrected chi connectivity index (χ2v) is 9.98. The number of anilines is 1. The predicted molar refractivity (Wildman–Crippen MR) is 148 cm³/mol. The quantitative estimate of drug-likeness (QED) is 0.429. The maximum Gasteiger partial charge on any atom is 0.328 e. The van der Waals surface area contributed by atoms with E-state index in [1.807, 2.05) is 36.1 Å². The van der Waals surface area contributed by atoms with Gasteiger partial charge in [0.2, 0.25) is 0 Å². The van der Waals surface area contributed by atoms with Crippen LogP contribution in [-0.2, 0) is 18.3 Å². The highest BCUT2D eigenvalue weighted by atomic mass is 35.5. The Bertz CT molecular complexity index is 1550. The molecule has 1 fully saturated rings. The first-order chi connectivity index (χ1) is 17.8. The highest BCUT2D eigenvalue weighted by Crippen LogP contribution is 2.35. The third-order valence-corrected chi connectivity index (χ3v) is 7.46. The third kappa shape index (κ3) is 4.70. The molecule has 0 aliphatic carbocycles. The molecule has 1 aliphatic heterocycles. The molecule has 2 amide bonds. The number of urea groups is 1. The predicted octanol–water partition coefficient (Wildman–Crippen LogP) is 3.94. The summed E-state index contributed by atoms with van der Waals surface area (Å²) >= 11 is 6.76. The summed E-state index contributed by atoms with van der Waals surface area (Å²) in [5.41, 5.74) is 5.61. The van der Waals surface area contributed by atoms with Crippen molar-refractivity contribution in [1.82, 2.24) is 23.9 Å². The van der Waals surface area contributed by atoms with Gasteiger partial charge in [-0.15, -0.1) is 0 Å². The van der Waals surface area contributed by atoms with Gasteiger partial charge in [0.05, 0.1) is 40.9 Å². The van der Waals surface area contributed by atoms with Gasteiger partial charge >= 0.3 is 11.7 Å². The number of ether oxygens (including phenoxy) is 1. The monoisotopic (exact) mass is 522 g/mol. The average molecular weight is 523 g/mol. The van der Waals surface area contributed by atoms with E-state index in [1.165, 1.54) is 0 Å². The lowest BCUT2D eigenvalue weighted by molar-refractivity contribution is 0.164. The Morgan fingerprint density at radius 1 is 1.14 bits per heavy atom. The number of piperazine rings is 1. The van der Waals surface area contributed by atoms with E-state index in [0.717, 1.165) is 51.7 Å². The number of fused-ring (bicyclic) bond motifs is 3. The molecule has 2 aromatic heterocycles. The summed E-state index contributed by atoms with van der Waals surface area (Å²) in [6, 6.07) is 9.62. The number of methoxy groups -OCH3 is 1. The Morgan fingerprint density at radius 2 is 1.89 bits per heavy atom. The van der Waals surface area contributed by atoms with Gasteiger partial charge in [0, 0.05) is 57.0 Å². The normalized spacial score (nSPS) is 14.6. The van der Waals surface area contributed by atoms with E-state index < -0.39 is 0 Å². The number of nitrogens with one attached hydrogen (secondary N) is 1. The largest absolute Gasteiger partial charge is 0.383 e. The zero-order chi connectivity index (χ0) is 26.3. The van der Waals surface area contributed by atoms with E-state index in [4.69, 9.17) is 16.3 Å². The van der Waals surface area contributed by atoms with Crippen LogP contribution in [0.25, 0.3) is 33.1 Å². The Hall–Kier alpha value is -3.40. The second-order valence-electron chi connectivity index (χ2n) is 9.58. The molecular formula is C27H31ClN6O3. The summed E-state index contributed by atoms with van der Waals surface area (Å²) in [7, 11) is 5.43. The molecular weight excluding hydrogens is 492 g/mol. The molecule has 0 bridgehead atoms. The van der Waals surface area contributed by atoms with E-state index in [0.29, 0.717) is 37.0 Å². The maximum absolute atomic E-state index is 12.9. The number of nitrogens with zero attached hydrogens (tertiary/aromatic N) is 5. The Labute approximate surface area is 220 Å². The molecule has 0 unspecified atom stereocenters. The van der Waals surface area contributed by atoms with Crippen LogP contribution in [0.2, 0.25) is 5.02 Å². The number of amides is 2. The number of rotatable bonds is 5. The average Bonchev–Trinajstić information content (AvgIpc) is 3.14. The van der Waals surface area contributed by atoms with Gasteiger partial charge in [-0.25, -0.2) is 9.59 Å². The summed E-state index contributed by atoms with van der Waals surface area (Å²) in [5, 5.41) is 4.42. The van der Waals surface area contributed by atoms with Crippen molar-refractivity contribution in [1.29, 1.82) is 0 Å². The molecule has 9 nitrogen and oxygen atoms in total. The van der Waals surface area contributed by atoms with Crippen molar-refractivity contribution in [3.63, 3.8) is 0 Å². The van der Waals surface area contributed by atoms with Gasteiger partial charge in [0.15, 0.2) is 0 Å². The van der Waals surface area contributed by atoms with Crippen molar-refractivity contribution in [2.45, 2.75) is 13.5 Å². The molecule has 0 saturated carbocycles. The number of benzene rings is 2. The van der Waals surface area contributed by atoms with Gasteiger partial charge in [0.25, 0.3) is 0 Å². The number of carbonyl (C=O) groups excluding carboxylic acids is 1.